The molecule has 3 rings (SSSR count). The van der Waals surface area contributed by atoms with Gasteiger partial charge in [0, 0.05) is 30.0 Å². The lowest BCUT2D eigenvalue weighted by molar-refractivity contribution is -0.134. The fraction of sp³-hybridized carbons (Fsp3) is 0.290. The van der Waals surface area contributed by atoms with E-state index >= 15 is 0 Å². The van der Waals surface area contributed by atoms with E-state index in [9.17, 15) is 23.2 Å². The zero-order valence-electron chi connectivity index (χ0n) is 24.7. The summed E-state index contributed by atoms with van der Waals surface area (Å²) in [6.07, 6.45) is 1.94. The standard InChI is InChI=1S/C31H33F2N3O7/c1-7-8-26(37)43-29-25(42-6)13-14-34-28(29)31(39)36-18(3)30(38)35-17(2)27(19-9-11-23(40-4)21(32)15-19)20-10-12-24(41-5)22(33)16-20/h9-16,18H,7-8H2,1-6H3,(H,35,38)(H,36,39)/t18-/m0/s1. The molecular formula is C31H33F2N3O7. The molecule has 0 saturated heterocycles. The molecule has 228 valence electrons. The van der Waals surface area contributed by atoms with Gasteiger partial charge in [-0.25, -0.2) is 13.8 Å². The zero-order valence-corrected chi connectivity index (χ0v) is 24.7. The van der Waals surface area contributed by atoms with Gasteiger partial charge in [-0.3, -0.25) is 14.4 Å². The summed E-state index contributed by atoms with van der Waals surface area (Å²) >= 11 is 0. The van der Waals surface area contributed by atoms with Crippen molar-refractivity contribution in [2.45, 2.75) is 39.7 Å². The molecule has 2 aromatic carbocycles. The summed E-state index contributed by atoms with van der Waals surface area (Å²) in [6, 6.07) is 8.67. The van der Waals surface area contributed by atoms with Crippen molar-refractivity contribution in [2.75, 3.05) is 21.3 Å². The van der Waals surface area contributed by atoms with Gasteiger partial charge in [-0.1, -0.05) is 19.1 Å². The Morgan fingerprint density at radius 3 is 1.93 bits per heavy atom. The highest BCUT2D eigenvalue weighted by atomic mass is 19.1. The van der Waals surface area contributed by atoms with Crippen molar-refractivity contribution >= 4 is 23.4 Å². The quantitative estimate of drug-likeness (QED) is 0.285. The van der Waals surface area contributed by atoms with Crippen LogP contribution in [0.25, 0.3) is 5.57 Å². The van der Waals surface area contributed by atoms with Crippen LogP contribution < -0.4 is 29.6 Å². The molecule has 3 aromatic rings. The van der Waals surface area contributed by atoms with Crippen LogP contribution in [0.15, 0.2) is 54.4 Å². The molecule has 12 heteroatoms. The van der Waals surface area contributed by atoms with Gasteiger partial charge >= 0.3 is 5.97 Å². The molecule has 1 aromatic heterocycles. The highest BCUT2D eigenvalue weighted by molar-refractivity contribution is 5.99. The molecule has 0 aliphatic carbocycles. The Kier molecular flexibility index (Phi) is 11.2. The van der Waals surface area contributed by atoms with E-state index in [-0.39, 0.29) is 40.8 Å². The number of ether oxygens (including phenoxy) is 4. The Hall–Kier alpha value is -5.00. The summed E-state index contributed by atoms with van der Waals surface area (Å²) < 4.78 is 49.9. The topological polar surface area (TPSA) is 125 Å². The van der Waals surface area contributed by atoms with Gasteiger partial charge in [0.15, 0.2) is 34.6 Å². The number of rotatable bonds is 12. The van der Waals surface area contributed by atoms with Crippen LogP contribution in [0.1, 0.15) is 55.2 Å². The molecule has 2 amide bonds. The molecule has 2 N–H and O–H groups in total. The Labute approximate surface area is 248 Å². The number of allylic oxidation sites excluding steroid dienone is 1. The molecule has 0 aliphatic heterocycles. The Bertz CT molecular complexity index is 1490. The van der Waals surface area contributed by atoms with Crippen LogP contribution in [0.3, 0.4) is 0 Å². The first-order valence-corrected chi connectivity index (χ1v) is 13.3. The first kappa shape index (κ1) is 32.5. The second kappa shape index (κ2) is 14.8. The highest BCUT2D eigenvalue weighted by Gasteiger charge is 2.25. The van der Waals surface area contributed by atoms with E-state index in [0.717, 1.165) is 0 Å². The zero-order chi connectivity index (χ0) is 31.7. The number of hydrogen-bond acceptors (Lipinski definition) is 8. The minimum atomic E-state index is -1.11. The molecule has 0 unspecified atom stereocenters. The van der Waals surface area contributed by atoms with Gasteiger partial charge in [0.1, 0.15) is 6.04 Å². The van der Waals surface area contributed by atoms with E-state index in [2.05, 4.69) is 15.6 Å². The van der Waals surface area contributed by atoms with Gasteiger partial charge in [0.2, 0.25) is 11.7 Å². The number of aromatic nitrogens is 1. The van der Waals surface area contributed by atoms with Crippen molar-refractivity contribution in [1.82, 2.24) is 15.6 Å². The van der Waals surface area contributed by atoms with Crippen LogP contribution in [-0.2, 0) is 9.59 Å². The third kappa shape index (κ3) is 7.85. The number of nitrogens with zero attached hydrogens (tertiary/aromatic N) is 1. The van der Waals surface area contributed by atoms with Gasteiger partial charge in [0.05, 0.1) is 21.3 Å². The second-order valence-corrected chi connectivity index (χ2v) is 9.30. The summed E-state index contributed by atoms with van der Waals surface area (Å²) in [7, 11) is 4.00. The number of esters is 1. The summed E-state index contributed by atoms with van der Waals surface area (Å²) in [5, 5.41) is 5.23. The smallest absolute Gasteiger partial charge is 0.311 e. The maximum atomic E-state index is 14.7. The van der Waals surface area contributed by atoms with E-state index in [1.54, 1.807) is 26.0 Å². The molecular weight excluding hydrogens is 564 g/mol. The monoisotopic (exact) mass is 597 g/mol. The Morgan fingerprint density at radius 2 is 1.44 bits per heavy atom. The molecule has 0 spiro atoms. The van der Waals surface area contributed by atoms with Gasteiger partial charge in [-0.2, -0.15) is 0 Å². The van der Waals surface area contributed by atoms with Crippen molar-refractivity contribution in [3.05, 3.63) is 82.8 Å². The third-order valence-corrected chi connectivity index (χ3v) is 6.28. The average molecular weight is 598 g/mol. The first-order chi connectivity index (χ1) is 20.5. The van der Waals surface area contributed by atoms with Gasteiger partial charge < -0.3 is 29.6 Å². The molecule has 0 aliphatic rings. The number of amides is 2. The maximum Gasteiger partial charge on any atom is 0.311 e. The lowest BCUT2D eigenvalue weighted by atomic mass is 9.95. The summed E-state index contributed by atoms with van der Waals surface area (Å²) in [5.41, 5.74) is 0.968. The molecule has 0 radical (unpaired) electrons. The third-order valence-electron chi connectivity index (χ3n) is 6.28. The predicted molar refractivity (Wildman–Crippen MR) is 154 cm³/mol. The molecule has 10 nitrogen and oxygen atoms in total. The van der Waals surface area contributed by atoms with Crippen molar-refractivity contribution < 1.29 is 42.1 Å². The number of carbonyl (C=O) groups is 3. The number of methoxy groups -OCH3 is 3. The van der Waals surface area contributed by atoms with Crippen molar-refractivity contribution in [2.24, 2.45) is 0 Å². The largest absolute Gasteiger partial charge is 0.494 e. The summed E-state index contributed by atoms with van der Waals surface area (Å²) in [5.74, 6) is -3.37. The number of benzene rings is 2. The van der Waals surface area contributed by atoms with E-state index < -0.39 is 35.5 Å². The summed E-state index contributed by atoms with van der Waals surface area (Å²) in [6.45, 7) is 4.79. The SMILES string of the molecule is CCCC(=O)Oc1c(OC)ccnc1C(=O)N[C@@H](C)C(=O)NC(C)=C(c1ccc(OC)c(F)c1)c1ccc(OC)c(F)c1. The minimum Gasteiger partial charge on any atom is -0.494 e. The average Bonchev–Trinajstić information content (AvgIpc) is 2.97. The van der Waals surface area contributed by atoms with E-state index in [1.165, 1.54) is 64.8 Å². The maximum absolute atomic E-state index is 14.7. The molecule has 43 heavy (non-hydrogen) atoms. The van der Waals surface area contributed by atoms with Crippen LogP contribution in [0.2, 0.25) is 0 Å². The van der Waals surface area contributed by atoms with Crippen LogP contribution in [0, 0.1) is 11.6 Å². The molecule has 0 bridgehead atoms. The van der Waals surface area contributed by atoms with Gasteiger partial charge in [-0.15, -0.1) is 0 Å². The van der Waals surface area contributed by atoms with Crippen molar-refractivity contribution in [1.29, 1.82) is 0 Å². The van der Waals surface area contributed by atoms with Gasteiger partial charge in [-0.05, 0) is 55.7 Å². The van der Waals surface area contributed by atoms with Crippen LogP contribution in [-0.4, -0.2) is 50.1 Å². The van der Waals surface area contributed by atoms with Crippen molar-refractivity contribution in [3.63, 3.8) is 0 Å². The molecule has 0 saturated carbocycles. The minimum absolute atomic E-state index is 0.00734. The van der Waals surface area contributed by atoms with Crippen LogP contribution in [0.4, 0.5) is 8.78 Å². The van der Waals surface area contributed by atoms with E-state index in [4.69, 9.17) is 18.9 Å². The lowest BCUT2D eigenvalue weighted by Crippen LogP contribution is -2.44. The Balaban J connectivity index is 1.93. The first-order valence-electron chi connectivity index (χ1n) is 13.3. The van der Waals surface area contributed by atoms with Crippen molar-refractivity contribution in [3.8, 4) is 23.0 Å². The predicted octanol–water partition coefficient (Wildman–Crippen LogP) is 4.81. The normalized spacial score (nSPS) is 11.2. The number of hydrogen-bond donors (Lipinski definition) is 2. The fourth-order valence-corrected chi connectivity index (χ4v) is 4.15. The van der Waals surface area contributed by atoms with Crippen LogP contribution >= 0.6 is 0 Å². The van der Waals surface area contributed by atoms with Crippen LogP contribution in [0.5, 0.6) is 23.0 Å². The number of carbonyl (C=O) groups excluding carboxylic acids is 3. The second-order valence-electron chi connectivity index (χ2n) is 9.30. The van der Waals surface area contributed by atoms with E-state index in [1.807, 2.05) is 0 Å². The number of nitrogens with one attached hydrogen (secondary N) is 2. The van der Waals surface area contributed by atoms with E-state index in [0.29, 0.717) is 23.1 Å². The highest BCUT2D eigenvalue weighted by Crippen LogP contribution is 2.32. The Morgan fingerprint density at radius 1 is 0.884 bits per heavy atom. The number of halogens is 2. The molecule has 0 fully saturated rings. The number of pyridine rings is 1. The lowest BCUT2D eigenvalue weighted by Gasteiger charge is -2.19. The fourth-order valence-electron chi connectivity index (χ4n) is 4.15. The molecule has 1 atom stereocenters. The van der Waals surface area contributed by atoms with Gasteiger partial charge in [0.25, 0.3) is 5.91 Å². The summed E-state index contributed by atoms with van der Waals surface area (Å²) in [4.78, 5) is 42.5. The molecule has 1 heterocycles.